The van der Waals surface area contributed by atoms with Gasteiger partial charge in [0.2, 0.25) is 10.0 Å². The summed E-state index contributed by atoms with van der Waals surface area (Å²) in [5, 5.41) is 8.84. The monoisotopic (exact) mass is 386 g/mol. The van der Waals surface area contributed by atoms with E-state index in [1.165, 1.54) is 6.07 Å². The zero-order valence-corrected chi connectivity index (χ0v) is 14.9. The Morgan fingerprint density at radius 1 is 1.50 bits per heavy atom. The van der Waals surface area contributed by atoms with Crippen molar-refractivity contribution in [2.45, 2.75) is 36.7 Å². The molecule has 1 saturated carbocycles. The standard InChI is InChI=1S/C12H16Cl2N2O4S2/c1-2-16(6-11(17)18)8-3-7(4-8)15-22(19,20)9-5-10(13)21-12(9)14/h5,7-8,15H,2-4,6H2,1H3,(H,17,18). The van der Waals surface area contributed by atoms with E-state index in [4.69, 9.17) is 28.3 Å². The molecule has 0 aromatic carbocycles. The van der Waals surface area contributed by atoms with Crippen LogP contribution in [0.15, 0.2) is 11.0 Å². The smallest absolute Gasteiger partial charge is 0.317 e. The molecule has 1 aromatic heterocycles. The minimum Gasteiger partial charge on any atom is -0.480 e. The second-order valence-corrected chi connectivity index (χ2v) is 9.06. The third kappa shape index (κ3) is 4.12. The van der Waals surface area contributed by atoms with Crippen LogP contribution in [-0.2, 0) is 14.8 Å². The minimum atomic E-state index is -3.70. The lowest BCUT2D eigenvalue weighted by atomic mass is 9.86. The molecule has 0 bridgehead atoms. The Labute approximate surface area is 143 Å². The maximum Gasteiger partial charge on any atom is 0.317 e. The first-order valence-corrected chi connectivity index (χ1v) is 9.71. The lowest BCUT2D eigenvalue weighted by molar-refractivity contribution is -0.139. The fraction of sp³-hybridized carbons (Fsp3) is 0.583. The highest BCUT2D eigenvalue weighted by molar-refractivity contribution is 7.89. The largest absolute Gasteiger partial charge is 0.480 e. The Morgan fingerprint density at radius 3 is 2.59 bits per heavy atom. The van der Waals surface area contributed by atoms with Crippen molar-refractivity contribution in [3.8, 4) is 0 Å². The van der Waals surface area contributed by atoms with Crippen LogP contribution in [-0.4, -0.2) is 49.6 Å². The fourth-order valence-corrected chi connectivity index (χ4v) is 5.86. The SMILES string of the molecule is CCN(CC(=O)O)C1CC(NS(=O)(=O)c2cc(Cl)sc2Cl)C1. The number of nitrogens with one attached hydrogen (secondary N) is 1. The fourth-order valence-electron chi connectivity index (χ4n) is 2.45. The van der Waals surface area contributed by atoms with Gasteiger partial charge < -0.3 is 5.11 Å². The molecule has 0 spiro atoms. The van der Waals surface area contributed by atoms with Gasteiger partial charge in [-0.05, 0) is 25.5 Å². The maximum absolute atomic E-state index is 12.2. The predicted octanol–water partition coefficient (Wildman–Crippen LogP) is 2.27. The van der Waals surface area contributed by atoms with Gasteiger partial charge in [0, 0.05) is 12.1 Å². The molecule has 0 amide bonds. The third-order valence-electron chi connectivity index (χ3n) is 3.61. The normalized spacial score (nSPS) is 21.8. The molecule has 1 heterocycles. The van der Waals surface area contributed by atoms with Gasteiger partial charge >= 0.3 is 5.97 Å². The number of hydrogen-bond acceptors (Lipinski definition) is 5. The first-order chi connectivity index (χ1) is 10.2. The van der Waals surface area contributed by atoms with E-state index in [9.17, 15) is 13.2 Å². The molecule has 2 N–H and O–H groups in total. The number of thiophene rings is 1. The van der Waals surface area contributed by atoms with Gasteiger partial charge in [-0.25, -0.2) is 13.1 Å². The van der Waals surface area contributed by atoms with Crippen LogP contribution in [0.1, 0.15) is 19.8 Å². The van der Waals surface area contributed by atoms with Crippen molar-refractivity contribution in [2.75, 3.05) is 13.1 Å². The molecular weight excluding hydrogens is 371 g/mol. The van der Waals surface area contributed by atoms with Gasteiger partial charge in [-0.1, -0.05) is 30.1 Å². The van der Waals surface area contributed by atoms with Crippen molar-refractivity contribution in [3.05, 3.63) is 14.7 Å². The van der Waals surface area contributed by atoms with Crippen LogP contribution in [0, 0.1) is 0 Å². The zero-order valence-electron chi connectivity index (χ0n) is 11.8. The number of carbonyl (C=O) groups is 1. The average Bonchev–Trinajstić information content (AvgIpc) is 2.70. The number of rotatable bonds is 7. The number of nitrogens with zero attached hydrogens (tertiary/aromatic N) is 1. The molecule has 0 atom stereocenters. The summed E-state index contributed by atoms with van der Waals surface area (Å²) in [7, 11) is -3.70. The van der Waals surface area contributed by atoms with Crippen LogP contribution in [0.4, 0.5) is 0 Å². The molecule has 1 aromatic rings. The number of carboxylic acid groups (broad SMARTS) is 1. The van der Waals surface area contributed by atoms with Crippen LogP contribution < -0.4 is 4.72 Å². The van der Waals surface area contributed by atoms with E-state index in [0.29, 0.717) is 23.7 Å². The van der Waals surface area contributed by atoms with Crippen LogP contribution >= 0.6 is 34.5 Å². The molecule has 0 saturated heterocycles. The van der Waals surface area contributed by atoms with Crippen molar-refractivity contribution in [3.63, 3.8) is 0 Å². The number of carboxylic acids is 1. The van der Waals surface area contributed by atoms with Gasteiger partial charge in [-0.3, -0.25) is 9.69 Å². The van der Waals surface area contributed by atoms with Gasteiger partial charge in [0.15, 0.2) is 0 Å². The molecule has 1 aliphatic carbocycles. The Balaban J connectivity index is 1.94. The van der Waals surface area contributed by atoms with E-state index < -0.39 is 16.0 Å². The number of halogens is 2. The van der Waals surface area contributed by atoms with Crippen LogP contribution in [0.2, 0.25) is 8.67 Å². The van der Waals surface area contributed by atoms with Gasteiger partial charge in [0.1, 0.15) is 9.23 Å². The Morgan fingerprint density at radius 2 is 2.14 bits per heavy atom. The van der Waals surface area contributed by atoms with E-state index in [1.807, 2.05) is 11.8 Å². The molecule has 124 valence electrons. The molecule has 2 rings (SSSR count). The van der Waals surface area contributed by atoms with Gasteiger partial charge in [-0.15, -0.1) is 11.3 Å². The third-order valence-corrected chi connectivity index (χ3v) is 6.88. The molecular formula is C12H16Cl2N2O4S2. The predicted molar refractivity (Wildman–Crippen MR) is 86.4 cm³/mol. The Bertz CT molecular complexity index is 656. The van der Waals surface area contributed by atoms with Gasteiger partial charge in [-0.2, -0.15) is 0 Å². The average molecular weight is 387 g/mol. The Hall–Kier alpha value is -0.380. The number of sulfonamides is 1. The number of likely N-dealkylation sites (N-methyl/N-ethyl adjacent to an activating group) is 1. The first-order valence-electron chi connectivity index (χ1n) is 6.66. The summed E-state index contributed by atoms with van der Waals surface area (Å²) in [5.74, 6) is -0.884. The van der Waals surface area contributed by atoms with Crippen molar-refractivity contribution >= 4 is 50.5 Å². The van der Waals surface area contributed by atoms with Crippen molar-refractivity contribution in [1.29, 1.82) is 0 Å². The summed E-state index contributed by atoms with van der Waals surface area (Å²) < 4.78 is 27.5. The second-order valence-electron chi connectivity index (χ2n) is 5.09. The quantitative estimate of drug-likeness (QED) is 0.750. The molecule has 1 aliphatic rings. The number of hydrogen-bond donors (Lipinski definition) is 2. The highest BCUT2D eigenvalue weighted by Gasteiger charge is 2.37. The van der Waals surface area contributed by atoms with E-state index in [2.05, 4.69) is 4.72 Å². The lowest BCUT2D eigenvalue weighted by Crippen LogP contribution is -2.54. The van der Waals surface area contributed by atoms with Gasteiger partial charge in [0.25, 0.3) is 0 Å². The number of aliphatic carboxylic acids is 1. The summed E-state index contributed by atoms with van der Waals surface area (Å²) in [6, 6.07) is 1.19. The zero-order chi connectivity index (χ0) is 16.5. The van der Waals surface area contributed by atoms with E-state index >= 15 is 0 Å². The van der Waals surface area contributed by atoms with Crippen molar-refractivity contribution in [1.82, 2.24) is 9.62 Å². The molecule has 1 fully saturated rings. The van der Waals surface area contributed by atoms with E-state index in [0.717, 1.165) is 11.3 Å². The van der Waals surface area contributed by atoms with E-state index in [-0.39, 0.29) is 27.9 Å². The summed E-state index contributed by atoms with van der Waals surface area (Å²) in [5.41, 5.74) is 0. The molecule has 0 radical (unpaired) electrons. The highest BCUT2D eigenvalue weighted by atomic mass is 35.5. The molecule has 10 heteroatoms. The first kappa shape index (κ1) is 18.0. The maximum atomic E-state index is 12.2. The van der Waals surface area contributed by atoms with Gasteiger partial charge in [0.05, 0.1) is 10.9 Å². The molecule has 0 aliphatic heterocycles. The topological polar surface area (TPSA) is 86.7 Å². The summed E-state index contributed by atoms with van der Waals surface area (Å²) in [6.45, 7) is 2.46. The second kappa shape index (κ2) is 7.02. The van der Waals surface area contributed by atoms with Crippen LogP contribution in [0.5, 0.6) is 0 Å². The van der Waals surface area contributed by atoms with Crippen LogP contribution in [0.3, 0.4) is 0 Å². The summed E-state index contributed by atoms with van der Waals surface area (Å²) in [6.07, 6.45) is 1.16. The highest BCUT2D eigenvalue weighted by Crippen LogP contribution is 2.35. The van der Waals surface area contributed by atoms with Crippen molar-refractivity contribution in [2.24, 2.45) is 0 Å². The minimum absolute atomic E-state index is 0.00880. The van der Waals surface area contributed by atoms with E-state index in [1.54, 1.807) is 0 Å². The summed E-state index contributed by atoms with van der Waals surface area (Å²) in [4.78, 5) is 12.6. The van der Waals surface area contributed by atoms with Crippen molar-refractivity contribution < 1.29 is 18.3 Å². The molecule has 0 unspecified atom stereocenters. The molecule has 6 nitrogen and oxygen atoms in total. The Kier molecular flexibility index (Phi) is 5.73. The lowest BCUT2D eigenvalue weighted by Gasteiger charge is -2.42. The van der Waals surface area contributed by atoms with Crippen LogP contribution in [0.25, 0.3) is 0 Å². The summed E-state index contributed by atoms with van der Waals surface area (Å²) >= 11 is 12.6. The molecule has 22 heavy (non-hydrogen) atoms.